The Bertz CT molecular complexity index is 239. The van der Waals surface area contributed by atoms with Gasteiger partial charge in [-0.2, -0.15) is 13.8 Å². The zero-order valence-electron chi connectivity index (χ0n) is 7.94. The van der Waals surface area contributed by atoms with E-state index < -0.39 is 11.7 Å². The summed E-state index contributed by atoms with van der Waals surface area (Å²) in [5.41, 5.74) is -0.215. The van der Waals surface area contributed by atoms with Crippen molar-refractivity contribution in [3.63, 3.8) is 0 Å². The molecule has 0 aromatic rings. The van der Waals surface area contributed by atoms with Crippen LogP contribution in [0.3, 0.4) is 0 Å². The van der Waals surface area contributed by atoms with Gasteiger partial charge in [0.25, 0.3) is 0 Å². The van der Waals surface area contributed by atoms with Gasteiger partial charge < -0.3 is 16.3 Å². The van der Waals surface area contributed by atoms with Crippen LogP contribution >= 0.6 is 0 Å². The van der Waals surface area contributed by atoms with Crippen molar-refractivity contribution in [2.75, 3.05) is 6.54 Å². The van der Waals surface area contributed by atoms with E-state index in [1.165, 1.54) is 6.29 Å². The predicted octanol–water partition coefficient (Wildman–Crippen LogP) is 0.370. The minimum atomic E-state index is -0.960. The van der Waals surface area contributed by atoms with Crippen molar-refractivity contribution < 1.29 is 51.0 Å². The largest absolute Gasteiger partial charge is 2.00 e. The molecule has 5 nitrogen and oxygen atoms in total. The number of carbonyl (C=O) groups excluding carboxylic acids is 2. The molecule has 6 heteroatoms. The third kappa shape index (κ3) is 4.27. The Labute approximate surface area is 106 Å². The SMILES string of the molecule is C[CH-]C.O=[C-]C1=C(O)C(=O)N(O)C1.[U+2]. The fourth-order valence-electron chi connectivity index (χ4n) is 0.628. The average Bonchev–Trinajstić information content (AvgIpc) is 2.34. The van der Waals surface area contributed by atoms with Crippen molar-refractivity contribution in [2.24, 2.45) is 0 Å². The van der Waals surface area contributed by atoms with Crippen LogP contribution in [0.4, 0.5) is 0 Å². The van der Waals surface area contributed by atoms with Crippen molar-refractivity contribution in [3.05, 3.63) is 17.8 Å². The number of amides is 1. The van der Waals surface area contributed by atoms with Crippen LogP contribution in [0, 0.1) is 37.5 Å². The molecule has 0 atom stereocenters. The maximum atomic E-state index is 10.5. The molecule has 0 aromatic heterocycles. The first kappa shape index (κ1) is 16.1. The van der Waals surface area contributed by atoms with Gasteiger partial charge in [-0.1, -0.05) is 0 Å². The first-order valence-corrected chi connectivity index (χ1v) is 3.63. The Balaban J connectivity index is 0. The molecule has 0 spiro atoms. The molecular weight excluding hydrogens is 412 g/mol. The summed E-state index contributed by atoms with van der Waals surface area (Å²) in [6.45, 7) is 3.72. The van der Waals surface area contributed by atoms with E-state index in [1.54, 1.807) is 0 Å². The zero-order chi connectivity index (χ0) is 10.4. The van der Waals surface area contributed by atoms with Crippen LogP contribution in [0.5, 0.6) is 0 Å². The summed E-state index contributed by atoms with van der Waals surface area (Å²) in [7, 11) is 0. The van der Waals surface area contributed by atoms with E-state index in [9.17, 15) is 9.59 Å². The van der Waals surface area contributed by atoms with Crippen LogP contribution in [0.25, 0.3) is 0 Å². The molecule has 76 valence electrons. The van der Waals surface area contributed by atoms with Crippen molar-refractivity contribution >= 4 is 12.2 Å². The molecule has 0 saturated heterocycles. The van der Waals surface area contributed by atoms with Crippen molar-refractivity contribution in [3.8, 4) is 0 Å². The van der Waals surface area contributed by atoms with Crippen LogP contribution in [-0.4, -0.2) is 34.1 Å². The second-order valence-corrected chi connectivity index (χ2v) is 2.37. The van der Waals surface area contributed by atoms with E-state index in [0.717, 1.165) is 0 Å². The fourth-order valence-corrected chi connectivity index (χ4v) is 0.628. The van der Waals surface area contributed by atoms with E-state index in [0.29, 0.717) is 0 Å². The third-order valence-electron chi connectivity index (χ3n) is 1.15. The van der Waals surface area contributed by atoms with Gasteiger partial charge in [0.05, 0.1) is 0 Å². The van der Waals surface area contributed by atoms with Gasteiger partial charge in [0, 0.05) is 12.3 Å². The molecule has 0 unspecified atom stereocenters. The molecule has 0 aliphatic carbocycles. The molecule has 0 aromatic carbocycles. The smallest absolute Gasteiger partial charge is 0.587 e. The molecule has 0 radical (unpaired) electrons. The summed E-state index contributed by atoms with van der Waals surface area (Å²) < 4.78 is 0. The number of rotatable bonds is 1. The molecule has 2 N–H and O–H groups in total. The van der Waals surface area contributed by atoms with Gasteiger partial charge in [0.15, 0.2) is 0 Å². The Morgan fingerprint density at radius 2 is 1.93 bits per heavy atom. The Kier molecular flexibility index (Phi) is 9.26. The molecule has 14 heavy (non-hydrogen) atoms. The molecule has 0 fully saturated rings. The minimum Gasteiger partial charge on any atom is -0.587 e. The topological polar surface area (TPSA) is 77.8 Å². The second-order valence-electron chi connectivity index (χ2n) is 2.37. The minimum absolute atomic E-state index is 0. The van der Waals surface area contributed by atoms with Gasteiger partial charge in [-0.3, -0.25) is 10.0 Å². The third-order valence-corrected chi connectivity index (χ3v) is 1.15. The maximum Gasteiger partial charge on any atom is 2.00 e. The number of hydroxylamine groups is 2. The molecule has 0 saturated carbocycles. The second kappa shape index (κ2) is 8.04. The van der Waals surface area contributed by atoms with Crippen LogP contribution < -0.4 is 0 Å². The van der Waals surface area contributed by atoms with Crippen LogP contribution in [0.15, 0.2) is 11.3 Å². The van der Waals surface area contributed by atoms with E-state index in [2.05, 4.69) is 0 Å². The van der Waals surface area contributed by atoms with Gasteiger partial charge in [0.1, 0.15) is 0 Å². The average molecular weight is 423 g/mol. The number of hydrogen-bond donors (Lipinski definition) is 2. The van der Waals surface area contributed by atoms with Crippen molar-refractivity contribution in [1.82, 2.24) is 5.06 Å². The normalized spacial score (nSPS) is 14.5. The Morgan fingerprint density at radius 3 is 2.07 bits per heavy atom. The predicted molar refractivity (Wildman–Crippen MR) is 44.5 cm³/mol. The van der Waals surface area contributed by atoms with Crippen LogP contribution in [0.2, 0.25) is 0 Å². The maximum absolute atomic E-state index is 10.5. The van der Waals surface area contributed by atoms with Crippen LogP contribution in [-0.2, 0) is 9.59 Å². The standard InChI is InChI=1S/C5H4NO4.C3H7.U/c7-2-3-1-6(10)5(9)4(3)8;1-3-2;/h8,10H,1H2;3H,1-2H3;/q2*-1;+2. The molecule has 1 amide bonds. The summed E-state index contributed by atoms with van der Waals surface area (Å²) >= 11 is 0. The Hall–Kier alpha value is -0.308. The quantitative estimate of drug-likeness (QED) is 0.472. The molecule has 1 aliphatic rings. The summed E-state index contributed by atoms with van der Waals surface area (Å²) in [4.78, 5) is 20.3. The first-order valence-electron chi connectivity index (χ1n) is 3.63. The van der Waals surface area contributed by atoms with E-state index in [1.807, 2.05) is 20.3 Å². The van der Waals surface area contributed by atoms with Crippen LogP contribution in [0.1, 0.15) is 13.8 Å². The van der Waals surface area contributed by atoms with Gasteiger partial charge >= 0.3 is 31.1 Å². The summed E-state index contributed by atoms with van der Waals surface area (Å²) in [6, 6.07) is 0. The van der Waals surface area contributed by atoms with Gasteiger partial charge in [-0.15, -0.1) is 5.57 Å². The van der Waals surface area contributed by atoms with E-state index >= 15 is 0 Å². The summed E-state index contributed by atoms with van der Waals surface area (Å²) in [5.74, 6) is -1.68. The molecule has 1 heterocycles. The molecular formula is C8H11NO4U. The van der Waals surface area contributed by atoms with Gasteiger partial charge in [-0.05, 0) is 6.29 Å². The number of aliphatic hydroxyl groups excluding tert-OH is 1. The van der Waals surface area contributed by atoms with Gasteiger partial charge in [0.2, 0.25) is 5.91 Å². The Morgan fingerprint density at radius 1 is 1.50 bits per heavy atom. The monoisotopic (exact) mass is 423 g/mol. The number of hydrogen-bond acceptors (Lipinski definition) is 4. The van der Waals surface area contributed by atoms with E-state index in [4.69, 9.17) is 10.3 Å². The number of nitrogens with zero attached hydrogens (tertiary/aromatic N) is 1. The molecule has 1 rings (SSSR count). The van der Waals surface area contributed by atoms with E-state index in [-0.39, 0.29) is 48.3 Å². The first-order chi connectivity index (χ1) is 6.08. The zero-order valence-corrected chi connectivity index (χ0v) is 12.1. The molecule has 1 aliphatic heterocycles. The van der Waals surface area contributed by atoms with Gasteiger partial charge in [-0.25, -0.2) is 5.06 Å². The molecule has 0 bridgehead atoms. The summed E-state index contributed by atoms with van der Waals surface area (Å²) in [6.07, 6.45) is 3.33. The number of aliphatic hydroxyl groups is 1. The number of carbonyl (C=O) groups is 1. The van der Waals surface area contributed by atoms with Crippen molar-refractivity contribution in [1.29, 1.82) is 0 Å². The fraction of sp³-hybridized carbons (Fsp3) is 0.375. The summed E-state index contributed by atoms with van der Waals surface area (Å²) in [5, 5.41) is 17.5. The van der Waals surface area contributed by atoms with Crippen molar-refractivity contribution in [2.45, 2.75) is 13.8 Å².